The zero-order valence-corrected chi connectivity index (χ0v) is 12.6. The second-order valence-corrected chi connectivity index (χ2v) is 6.27. The van der Waals surface area contributed by atoms with Crippen LogP contribution >= 0.6 is 0 Å². The van der Waals surface area contributed by atoms with Crippen LogP contribution in [0.15, 0.2) is 24.4 Å². The van der Waals surface area contributed by atoms with Crippen molar-refractivity contribution in [3.05, 3.63) is 46.8 Å². The summed E-state index contributed by atoms with van der Waals surface area (Å²) in [5.41, 5.74) is 5.43. The lowest BCUT2D eigenvalue weighted by atomic mass is 9.84. The van der Waals surface area contributed by atoms with E-state index in [-0.39, 0.29) is 5.41 Å². The standard InChI is InChI=1S/C16H23N3/c1-12-6-8-14(16(2,3)4)10-13(12)7-9-15-11-19(5)18-17-15/h6,8,10-11H,7,9H2,1-5H3. The lowest BCUT2D eigenvalue weighted by Crippen LogP contribution is -2.12. The Hall–Kier alpha value is -1.64. The Bertz CT molecular complexity index is 562. The first-order valence-electron chi connectivity index (χ1n) is 6.81. The van der Waals surface area contributed by atoms with Crippen LogP contribution in [0.5, 0.6) is 0 Å². The van der Waals surface area contributed by atoms with Gasteiger partial charge < -0.3 is 0 Å². The Balaban J connectivity index is 2.15. The molecule has 0 fully saturated rings. The Labute approximate surface area is 115 Å². The van der Waals surface area contributed by atoms with Crippen molar-refractivity contribution in [2.24, 2.45) is 7.05 Å². The van der Waals surface area contributed by atoms with Crippen molar-refractivity contribution in [3.8, 4) is 0 Å². The third-order valence-corrected chi connectivity index (χ3v) is 3.52. The van der Waals surface area contributed by atoms with Crippen LogP contribution in [0.25, 0.3) is 0 Å². The van der Waals surface area contributed by atoms with Gasteiger partial charge >= 0.3 is 0 Å². The van der Waals surface area contributed by atoms with E-state index in [0.29, 0.717) is 0 Å². The molecule has 0 aliphatic carbocycles. The van der Waals surface area contributed by atoms with Gasteiger partial charge in [0.2, 0.25) is 0 Å². The molecule has 0 saturated heterocycles. The van der Waals surface area contributed by atoms with Gasteiger partial charge in [-0.3, -0.25) is 4.68 Å². The first-order chi connectivity index (χ1) is 8.86. The summed E-state index contributed by atoms with van der Waals surface area (Å²) in [6.45, 7) is 8.94. The van der Waals surface area contributed by atoms with E-state index >= 15 is 0 Å². The minimum absolute atomic E-state index is 0.203. The minimum atomic E-state index is 0.203. The molecule has 0 atom stereocenters. The Kier molecular flexibility index (Phi) is 3.74. The van der Waals surface area contributed by atoms with Crippen LogP contribution in [0, 0.1) is 6.92 Å². The Morgan fingerprint density at radius 2 is 1.89 bits per heavy atom. The number of rotatable bonds is 3. The lowest BCUT2D eigenvalue weighted by molar-refractivity contribution is 0.589. The normalized spacial score (nSPS) is 11.8. The molecule has 2 aromatic rings. The van der Waals surface area contributed by atoms with Gasteiger partial charge in [-0.1, -0.05) is 44.2 Å². The molecule has 102 valence electrons. The maximum absolute atomic E-state index is 4.14. The van der Waals surface area contributed by atoms with Gasteiger partial charge in [0.1, 0.15) is 0 Å². The van der Waals surface area contributed by atoms with E-state index in [0.717, 1.165) is 18.5 Å². The lowest BCUT2D eigenvalue weighted by Gasteiger charge is -2.20. The van der Waals surface area contributed by atoms with Crippen LogP contribution in [-0.4, -0.2) is 15.0 Å². The van der Waals surface area contributed by atoms with Crippen LogP contribution < -0.4 is 0 Å². The SMILES string of the molecule is Cc1ccc(C(C)(C)C)cc1CCc1cn(C)nn1. The van der Waals surface area contributed by atoms with E-state index in [1.807, 2.05) is 13.2 Å². The molecule has 19 heavy (non-hydrogen) atoms. The van der Waals surface area contributed by atoms with E-state index in [2.05, 4.69) is 56.2 Å². The molecule has 0 aliphatic heterocycles. The van der Waals surface area contributed by atoms with Crippen molar-refractivity contribution in [1.82, 2.24) is 15.0 Å². The van der Waals surface area contributed by atoms with Crippen molar-refractivity contribution < 1.29 is 0 Å². The third kappa shape index (κ3) is 3.43. The van der Waals surface area contributed by atoms with E-state index < -0.39 is 0 Å². The van der Waals surface area contributed by atoms with Crippen molar-refractivity contribution in [2.45, 2.75) is 46.0 Å². The van der Waals surface area contributed by atoms with E-state index in [1.165, 1.54) is 16.7 Å². The molecular formula is C16H23N3. The van der Waals surface area contributed by atoms with Gasteiger partial charge in [-0.25, -0.2) is 0 Å². The largest absolute Gasteiger partial charge is 0.255 e. The fraction of sp³-hybridized carbons (Fsp3) is 0.500. The number of nitrogens with zero attached hydrogens (tertiary/aromatic N) is 3. The maximum Gasteiger partial charge on any atom is 0.0830 e. The molecule has 0 amide bonds. The molecule has 0 saturated carbocycles. The molecule has 0 unspecified atom stereocenters. The highest BCUT2D eigenvalue weighted by molar-refractivity contribution is 5.34. The Morgan fingerprint density at radius 1 is 1.16 bits per heavy atom. The molecule has 0 spiro atoms. The zero-order valence-electron chi connectivity index (χ0n) is 12.6. The number of aromatic nitrogens is 3. The van der Waals surface area contributed by atoms with Crippen LogP contribution in [0.1, 0.15) is 43.2 Å². The maximum atomic E-state index is 4.14. The molecule has 3 heteroatoms. The molecule has 0 radical (unpaired) electrons. The molecule has 2 rings (SSSR count). The summed E-state index contributed by atoms with van der Waals surface area (Å²) in [7, 11) is 1.90. The summed E-state index contributed by atoms with van der Waals surface area (Å²) in [4.78, 5) is 0. The predicted molar refractivity (Wildman–Crippen MR) is 78.3 cm³/mol. The summed E-state index contributed by atoms with van der Waals surface area (Å²) in [6, 6.07) is 6.81. The van der Waals surface area contributed by atoms with Crippen LogP contribution in [0.2, 0.25) is 0 Å². The van der Waals surface area contributed by atoms with Gasteiger partial charge in [0.05, 0.1) is 5.69 Å². The first-order valence-corrected chi connectivity index (χ1v) is 6.81. The molecule has 1 heterocycles. The zero-order chi connectivity index (χ0) is 14.0. The summed E-state index contributed by atoms with van der Waals surface area (Å²) >= 11 is 0. The van der Waals surface area contributed by atoms with Gasteiger partial charge in [-0.05, 0) is 41.9 Å². The fourth-order valence-electron chi connectivity index (χ4n) is 2.18. The number of aryl methyl sites for hydroxylation is 4. The van der Waals surface area contributed by atoms with Crippen molar-refractivity contribution >= 4 is 0 Å². The topological polar surface area (TPSA) is 30.7 Å². The van der Waals surface area contributed by atoms with E-state index in [1.54, 1.807) is 4.68 Å². The molecule has 0 bridgehead atoms. The van der Waals surface area contributed by atoms with Crippen LogP contribution in [0.4, 0.5) is 0 Å². The van der Waals surface area contributed by atoms with Gasteiger partial charge in [0, 0.05) is 13.2 Å². The smallest absolute Gasteiger partial charge is 0.0830 e. The summed E-state index contributed by atoms with van der Waals surface area (Å²) in [5, 5.41) is 8.12. The van der Waals surface area contributed by atoms with Crippen molar-refractivity contribution in [3.63, 3.8) is 0 Å². The summed E-state index contributed by atoms with van der Waals surface area (Å²) in [5.74, 6) is 0. The average Bonchev–Trinajstić information content (AvgIpc) is 2.72. The second kappa shape index (κ2) is 5.16. The summed E-state index contributed by atoms with van der Waals surface area (Å²) in [6.07, 6.45) is 3.96. The van der Waals surface area contributed by atoms with Crippen molar-refractivity contribution in [2.75, 3.05) is 0 Å². The molecule has 1 aromatic heterocycles. The minimum Gasteiger partial charge on any atom is -0.255 e. The first kappa shape index (κ1) is 13.8. The Morgan fingerprint density at radius 3 is 2.47 bits per heavy atom. The highest BCUT2D eigenvalue weighted by Crippen LogP contribution is 2.25. The van der Waals surface area contributed by atoms with E-state index in [9.17, 15) is 0 Å². The second-order valence-electron chi connectivity index (χ2n) is 6.27. The third-order valence-electron chi connectivity index (χ3n) is 3.52. The molecule has 0 aliphatic rings. The quantitative estimate of drug-likeness (QED) is 0.845. The molecule has 1 aromatic carbocycles. The van der Waals surface area contributed by atoms with E-state index in [4.69, 9.17) is 0 Å². The highest BCUT2D eigenvalue weighted by atomic mass is 15.4. The number of hydrogen-bond donors (Lipinski definition) is 0. The van der Waals surface area contributed by atoms with Crippen LogP contribution in [-0.2, 0) is 25.3 Å². The number of hydrogen-bond acceptors (Lipinski definition) is 2. The van der Waals surface area contributed by atoms with Crippen LogP contribution in [0.3, 0.4) is 0 Å². The predicted octanol–water partition coefficient (Wildman–Crippen LogP) is 3.21. The van der Waals surface area contributed by atoms with Crippen molar-refractivity contribution in [1.29, 1.82) is 0 Å². The monoisotopic (exact) mass is 257 g/mol. The van der Waals surface area contributed by atoms with Gasteiger partial charge in [0.15, 0.2) is 0 Å². The summed E-state index contributed by atoms with van der Waals surface area (Å²) < 4.78 is 1.76. The van der Waals surface area contributed by atoms with Gasteiger partial charge in [0.25, 0.3) is 0 Å². The van der Waals surface area contributed by atoms with Gasteiger partial charge in [-0.15, -0.1) is 5.10 Å². The average molecular weight is 257 g/mol. The highest BCUT2D eigenvalue weighted by Gasteiger charge is 2.14. The molecule has 3 nitrogen and oxygen atoms in total. The fourth-order valence-corrected chi connectivity index (χ4v) is 2.18. The number of benzene rings is 1. The molecular weight excluding hydrogens is 234 g/mol. The molecule has 0 N–H and O–H groups in total. The van der Waals surface area contributed by atoms with Gasteiger partial charge in [-0.2, -0.15) is 0 Å².